The van der Waals surface area contributed by atoms with E-state index in [-0.39, 0.29) is 0 Å². The Morgan fingerprint density at radius 3 is 2.71 bits per heavy atom. The minimum Gasteiger partial charge on any atom is -0.325 e. The molecular formula is C13H15N3S. The molecule has 2 N–H and O–H groups in total. The lowest BCUT2D eigenvalue weighted by Crippen LogP contribution is -2.02. The van der Waals surface area contributed by atoms with E-state index in [4.69, 9.17) is 5.73 Å². The minimum absolute atomic E-state index is 0.449. The van der Waals surface area contributed by atoms with Gasteiger partial charge in [0.2, 0.25) is 0 Å². The highest BCUT2D eigenvalue weighted by Gasteiger charge is 2.03. The summed E-state index contributed by atoms with van der Waals surface area (Å²) in [5.74, 6) is 0. The topological polar surface area (TPSA) is 51.8 Å². The Morgan fingerprint density at radius 2 is 2.00 bits per heavy atom. The van der Waals surface area contributed by atoms with Gasteiger partial charge in [0.15, 0.2) is 5.16 Å². The zero-order valence-electron chi connectivity index (χ0n) is 9.97. The van der Waals surface area contributed by atoms with Crippen LogP contribution in [0.1, 0.15) is 17.0 Å². The van der Waals surface area contributed by atoms with E-state index < -0.39 is 0 Å². The van der Waals surface area contributed by atoms with E-state index in [9.17, 15) is 0 Å². The van der Waals surface area contributed by atoms with Gasteiger partial charge in [0.1, 0.15) is 0 Å². The Labute approximate surface area is 105 Å². The number of aryl methyl sites for hydroxylation is 2. The maximum absolute atomic E-state index is 5.61. The van der Waals surface area contributed by atoms with Gasteiger partial charge in [-0.15, -0.1) is 0 Å². The minimum atomic E-state index is 0.449. The number of hydrogen-bond donors (Lipinski definition) is 1. The van der Waals surface area contributed by atoms with Gasteiger partial charge in [-0.05, 0) is 43.8 Å². The molecule has 88 valence electrons. The Balaban J connectivity index is 2.26. The molecule has 2 aromatic rings. The first kappa shape index (κ1) is 12.1. The Morgan fingerprint density at radius 1 is 1.18 bits per heavy atom. The number of benzene rings is 1. The lowest BCUT2D eigenvalue weighted by molar-refractivity contribution is 0.854. The van der Waals surface area contributed by atoms with Gasteiger partial charge in [-0.2, -0.15) is 0 Å². The van der Waals surface area contributed by atoms with Gasteiger partial charge >= 0.3 is 0 Å². The van der Waals surface area contributed by atoms with Crippen molar-refractivity contribution in [1.29, 1.82) is 0 Å². The van der Waals surface area contributed by atoms with Gasteiger partial charge in [-0.25, -0.2) is 9.97 Å². The van der Waals surface area contributed by atoms with E-state index in [0.717, 1.165) is 21.4 Å². The van der Waals surface area contributed by atoms with Crippen LogP contribution in [0.4, 0.5) is 0 Å². The summed E-state index contributed by atoms with van der Waals surface area (Å²) in [4.78, 5) is 9.96. The second kappa shape index (κ2) is 5.29. The fraction of sp³-hybridized carbons (Fsp3) is 0.231. The molecule has 0 unspecified atom stereocenters. The second-order valence-electron chi connectivity index (χ2n) is 3.91. The van der Waals surface area contributed by atoms with Crippen molar-refractivity contribution in [3.8, 4) is 0 Å². The van der Waals surface area contributed by atoms with Crippen LogP contribution < -0.4 is 5.73 Å². The van der Waals surface area contributed by atoms with E-state index in [2.05, 4.69) is 35.1 Å². The molecule has 2 rings (SSSR count). The van der Waals surface area contributed by atoms with Crippen LogP contribution in [0.25, 0.3) is 0 Å². The van der Waals surface area contributed by atoms with Crippen molar-refractivity contribution in [2.24, 2.45) is 5.73 Å². The van der Waals surface area contributed by atoms with Crippen molar-refractivity contribution in [2.45, 2.75) is 30.4 Å². The average Bonchev–Trinajstić information content (AvgIpc) is 2.28. The Hall–Kier alpha value is -1.39. The Bertz CT molecular complexity index is 526. The van der Waals surface area contributed by atoms with Crippen LogP contribution in [0.2, 0.25) is 0 Å². The number of nitrogens with zero attached hydrogens (tertiary/aromatic N) is 2. The summed E-state index contributed by atoms with van der Waals surface area (Å²) in [6.45, 7) is 4.48. The van der Waals surface area contributed by atoms with Gasteiger partial charge in [-0.3, -0.25) is 0 Å². The first-order chi connectivity index (χ1) is 8.17. The SMILES string of the molecule is Cc1cccc(Sc2nc(C)cc(CN)n2)c1. The summed E-state index contributed by atoms with van der Waals surface area (Å²) in [6.07, 6.45) is 0. The predicted molar refractivity (Wildman–Crippen MR) is 70.0 cm³/mol. The molecule has 0 atom stereocenters. The second-order valence-corrected chi connectivity index (χ2v) is 4.95. The van der Waals surface area contributed by atoms with Gasteiger partial charge in [0.25, 0.3) is 0 Å². The van der Waals surface area contributed by atoms with E-state index in [1.807, 2.05) is 19.1 Å². The van der Waals surface area contributed by atoms with Crippen LogP contribution >= 0.6 is 11.8 Å². The first-order valence-electron chi connectivity index (χ1n) is 5.46. The highest BCUT2D eigenvalue weighted by molar-refractivity contribution is 7.99. The molecule has 3 nitrogen and oxygen atoms in total. The zero-order valence-corrected chi connectivity index (χ0v) is 10.8. The monoisotopic (exact) mass is 245 g/mol. The predicted octanol–water partition coefficient (Wildman–Crippen LogP) is 2.70. The van der Waals surface area contributed by atoms with Crippen molar-refractivity contribution in [1.82, 2.24) is 9.97 Å². The number of aromatic nitrogens is 2. The molecule has 0 spiro atoms. The molecule has 4 heteroatoms. The molecule has 0 bridgehead atoms. The van der Waals surface area contributed by atoms with E-state index in [1.165, 1.54) is 5.56 Å². The van der Waals surface area contributed by atoms with Gasteiger partial charge in [0, 0.05) is 17.1 Å². The summed E-state index contributed by atoms with van der Waals surface area (Å²) in [5.41, 5.74) is 8.68. The smallest absolute Gasteiger partial charge is 0.192 e. The third-order valence-corrected chi connectivity index (χ3v) is 3.15. The molecule has 1 aromatic heterocycles. The van der Waals surface area contributed by atoms with Crippen molar-refractivity contribution in [3.05, 3.63) is 47.3 Å². The quantitative estimate of drug-likeness (QED) is 0.845. The fourth-order valence-corrected chi connectivity index (χ4v) is 2.49. The van der Waals surface area contributed by atoms with Crippen LogP contribution in [0, 0.1) is 13.8 Å². The summed E-state index contributed by atoms with van der Waals surface area (Å²) in [6, 6.07) is 10.2. The van der Waals surface area contributed by atoms with Gasteiger partial charge in [0.05, 0.1) is 5.69 Å². The molecule has 0 fully saturated rings. The van der Waals surface area contributed by atoms with Crippen LogP contribution in [-0.2, 0) is 6.54 Å². The molecule has 0 saturated carbocycles. The highest BCUT2D eigenvalue weighted by atomic mass is 32.2. The maximum atomic E-state index is 5.61. The third-order valence-electron chi connectivity index (χ3n) is 2.29. The maximum Gasteiger partial charge on any atom is 0.192 e. The lowest BCUT2D eigenvalue weighted by Gasteiger charge is -2.04. The third kappa shape index (κ3) is 3.28. The van der Waals surface area contributed by atoms with Crippen LogP contribution in [0.5, 0.6) is 0 Å². The molecule has 1 heterocycles. The van der Waals surface area contributed by atoms with E-state index in [0.29, 0.717) is 6.54 Å². The fourth-order valence-electron chi connectivity index (χ4n) is 1.54. The normalized spacial score (nSPS) is 10.5. The van der Waals surface area contributed by atoms with Crippen molar-refractivity contribution in [3.63, 3.8) is 0 Å². The van der Waals surface area contributed by atoms with Crippen LogP contribution in [0.15, 0.2) is 40.4 Å². The molecule has 17 heavy (non-hydrogen) atoms. The zero-order chi connectivity index (χ0) is 12.3. The van der Waals surface area contributed by atoms with Crippen LogP contribution in [0.3, 0.4) is 0 Å². The first-order valence-corrected chi connectivity index (χ1v) is 6.28. The average molecular weight is 245 g/mol. The molecule has 0 amide bonds. The molecule has 0 aliphatic carbocycles. The highest BCUT2D eigenvalue weighted by Crippen LogP contribution is 2.25. The molecule has 0 aliphatic heterocycles. The molecule has 1 aromatic carbocycles. The standard InChI is InChI=1S/C13H15N3S/c1-9-4-3-5-12(6-9)17-13-15-10(2)7-11(8-14)16-13/h3-7H,8,14H2,1-2H3. The number of hydrogen-bond acceptors (Lipinski definition) is 4. The molecule has 0 aliphatic rings. The van der Waals surface area contributed by atoms with Gasteiger partial charge < -0.3 is 5.73 Å². The Kier molecular flexibility index (Phi) is 3.76. The number of nitrogens with two attached hydrogens (primary N) is 1. The molecule has 0 saturated heterocycles. The van der Waals surface area contributed by atoms with Gasteiger partial charge in [-0.1, -0.05) is 17.7 Å². The number of rotatable bonds is 3. The van der Waals surface area contributed by atoms with Crippen molar-refractivity contribution < 1.29 is 0 Å². The van der Waals surface area contributed by atoms with E-state index >= 15 is 0 Å². The summed E-state index contributed by atoms with van der Waals surface area (Å²) in [7, 11) is 0. The summed E-state index contributed by atoms with van der Waals surface area (Å²) in [5, 5.41) is 0.760. The molecule has 0 radical (unpaired) electrons. The largest absolute Gasteiger partial charge is 0.325 e. The van der Waals surface area contributed by atoms with Crippen molar-refractivity contribution >= 4 is 11.8 Å². The summed E-state index contributed by atoms with van der Waals surface area (Å²) < 4.78 is 0. The lowest BCUT2D eigenvalue weighted by atomic mass is 10.2. The molecular weight excluding hydrogens is 230 g/mol. The summed E-state index contributed by atoms with van der Waals surface area (Å²) >= 11 is 1.57. The van der Waals surface area contributed by atoms with Crippen LogP contribution in [-0.4, -0.2) is 9.97 Å². The van der Waals surface area contributed by atoms with Crippen molar-refractivity contribution in [2.75, 3.05) is 0 Å². The van der Waals surface area contributed by atoms with E-state index in [1.54, 1.807) is 11.8 Å².